The number of Topliss-reactive ketones (excluding diaryl/α,β-unsaturated/α-hetero) is 1. The van der Waals surface area contributed by atoms with Gasteiger partial charge in [-0.15, -0.1) is 0 Å². The number of piperidine rings is 1. The van der Waals surface area contributed by atoms with E-state index in [1.807, 2.05) is 36.4 Å². The predicted molar refractivity (Wildman–Crippen MR) is 107 cm³/mol. The van der Waals surface area contributed by atoms with Crippen LogP contribution in [0.3, 0.4) is 0 Å². The zero-order valence-electron chi connectivity index (χ0n) is 14.9. The normalized spacial score (nSPS) is 14.6. The number of hydrogen-bond acceptors (Lipinski definition) is 3. The van der Waals surface area contributed by atoms with E-state index in [2.05, 4.69) is 21.2 Å². The summed E-state index contributed by atoms with van der Waals surface area (Å²) < 4.78 is 0.812. The van der Waals surface area contributed by atoms with Gasteiger partial charge in [0.2, 0.25) is 5.91 Å². The summed E-state index contributed by atoms with van der Waals surface area (Å²) in [7, 11) is 0. The largest absolute Gasteiger partial charge is 0.343 e. The Hall–Kier alpha value is -2.47. The number of carbonyl (C=O) groups is 3. The van der Waals surface area contributed by atoms with Crippen LogP contribution in [0.15, 0.2) is 59.1 Å². The summed E-state index contributed by atoms with van der Waals surface area (Å²) in [6, 6.07) is 16.3. The van der Waals surface area contributed by atoms with Crippen LogP contribution in [-0.2, 0) is 4.79 Å². The maximum atomic E-state index is 12.5. The Kier molecular flexibility index (Phi) is 6.40. The molecular weight excluding hydrogens is 408 g/mol. The zero-order chi connectivity index (χ0) is 19.2. The maximum Gasteiger partial charge on any atom is 0.251 e. The van der Waals surface area contributed by atoms with Crippen molar-refractivity contribution in [2.45, 2.75) is 12.8 Å². The monoisotopic (exact) mass is 428 g/mol. The number of halogens is 1. The Bertz CT molecular complexity index is 830. The van der Waals surface area contributed by atoms with Crippen LogP contribution in [0.1, 0.15) is 33.6 Å². The first-order valence-corrected chi connectivity index (χ1v) is 9.74. The van der Waals surface area contributed by atoms with E-state index in [1.54, 1.807) is 23.1 Å². The number of nitrogens with one attached hydrogen (secondary N) is 1. The third-order valence-corrected chi connectivity index (χ3v) is 5.26. The fourth-order valence-corrected chi connectivity index (χ4v) is 3.63. The van der Waals surface area contributed by atoms with Gasteiger partial charge in [-0.05, 0) is 31.0 Å². The molecule has 0 unspecified atom stereocenters. The Labute approximate surface area is 166 Å². The summed E-state index contributed by atoms with van der Waals surface area (Å²) in [4.78, 5) is 38.7. The van der Waals surface area contributed by atoms with E-state index >= 15 is 0 Å². The highest BCUT2D eigenvalue weighted by molar-refractivity contribution is 9.10. The number of rotatable bonds is 5. The summed E-state index contributed by atoms with van der Waals surface area (Å²) in [6.45, 7) is 1.03. The zero-order valence-corrected chi connectivity index (χ0v) is 16.4. The van der Waals surface area contributed by atoms with Crippen molar-refractivity contribution in [1.82, 2.24) is 10.2 Å². The van der Waals surface area contributed by atoms with Crippen LogP contribution in [0.5, 0.6) is 0 Å². The van der Waals surface area contributed by atoms with Crippen molar-refractivity contribution in [3.8, 4) is 0 Å². The molecule has 1 heterocycles. The summed E-state index contributed by atoms with van der Waals surface area (Å²) in [6.07, 6.45) is 1.30. The van der Waals surface area contributed by atoms with Gasteiger partial charge in [0.15, 0.2) is 5.78 Å². The van der Waals surface area contributed by atoms with Gasteiger partial charge >= 0.3 is 0 Å². The van der Waals surface area contributed by atoms with Gasteiger partial charge in [-0.2, -0.15) is 0 Å². The van der Waals surface area contributed by atoms with Gasteiger partial charge < -0.3 is 10.2 Å². The van der Waals surface area contributed by atoms with Crippen molar-refractivity contribution < 1.29 is 14.4 Å². The van der Waals surface area contributed by atoms with Crippen LogP contribution < -0.4 is 5.32 Å². The molecule has 6 heteroatoms. The molecule has 0 bridgehead atoms. The number of amides is 2. The number of benzene rings is 2. The molecule has 2 amide bonds. The van der Waals surface area contributed by atoms with Crippen molar-refractivity contribution in [1.29, 1.82) is 0 Å². The molecule has 1 N–H and O–H groups in total. The smallest absolute Gasteiger partial charge is 0.251 e. The van der Waals surface area contributed by atoms with Crippen LogP contribution >= 0.6 is 15.9 Å². The molecule has 2 aromatic carbocycles. The molecule has 1 saturated heterocycles. The van der Waals surface area contributed by atoms with E-state index in [9.17, 15) is 14.4 Å². The average molecular weight is 429 g/mol. The van der Waals surface area contributed by atoms with Crippen LogP contribution in [0, 0.1) is 5.92 Å². The van der Waals surface area contributed by atoms with Crippen LogP contribution in [0.4, 0.5) is 0 Å². The molecule has 3 rings (SSSR count). The van der Waals surface area contributed by atoms with E-state index in [1.165, 1.54) is 0 Å². The molecule has 140 valence electrons. The van der Waals surface area contributed by atoms with Crippen molar-refractivity contribution in [3.63, 3.8) is 0 Å². The molecule has 1 fully saturated rings. The Morgan fingerprint density at radius 1 is 0.963 bits per heavy atom. The molecule has 0 spiro atoms. The second-order valence-corrected chi connectivity index (χ2v) is 7.49. The van der Waals surface area contributed by atoms with Gasteiger partial charge in [0.1, 0.15) is 0 Å². The number of nitrogens with zero attached hydrogens (tertiary/aromatic N) is 1. The summed E-state index contributed by atoms with van der Waals surface area (Å²) in [5.74, 6) is -0.305. The highest BCUT2D eigenvalue weighted by Crippen LogP contribution is 2.21. The van der Waals surface area contributed by atoms with E-state index < -0.39 is 0 Å². The molecule has 0 saturated carbocycles. The first-order chi connectivity index (χ1) is 13.0. The molecule has 0 aliphatic carbocycles. The lowest BCUT2D eigenvalue weighted by molar-refractivity contribution is -0.131. The van der Waals surface area contributed by atoms with Crippen LogP contribution in [0.25, 0.3) is 0 Å². The number of likely N-dealkylation sites (tertiary alicyclic amines) is 1. The topological polar surface area (TPSA) is 66.5 Å². The van der Waals surface area contributed by atoms with Gasteiger partial charge in [-0.3, -0.25) is 14.4 Å². The molecule has 0 radical (unpaired) electrons. The Balaban J connectivity index is 1.47. The fourth-order valence-electron chi connectivity index (χ4n) is 3.23. The second kappa shape index (κ2) is 8.95. The third-order valence-electron chi connectivity index (χ3n) is 4.76. The minimum Gasteiger partial charge on any atom is -0.343 e. The van der Waals surface area contributed by atoms with Gasteiger partial charge in [0.25, 0.3) is 5.91 Å². The lowest BCUT2D eigenvalue weighted by Gasteiger charge is -2.31. The van der Waals surface area contributed by atoms with Gasteiger partial charge in [0, 0.05) is 34.6 Å². The van der Waals surface area contributed by atoms with Crippen LogP contribution in [-0.4, -0.2) is 42.1 Å². The van der Waals surface area contributed by atoms with E-state index in [0.717, 1.165) is 10.0 Å². The average Bonchev–Trinajstić information content (AvgIpc) is 2.72. The Morgan fingerprint density at radius 2 is 1.63 bits per heavy atom. The first-order valence-electron chi connectivity index (χ1n) is 8.95. The Morgan fingerprint density at radius 3 is 2.30 bits per heavy atom. The predicted octanol–water partition coefficient (Wildman–Crippen LogP) is 3.30. The quantitative estimate of drug-likeness (QED) is 0.742. The molecule has 5 nitrogen and oxygen atoms in total. The third kappa shape index (κ3) is 5.04. The molecule has 0 atom stereocenters. The van der Waals surface area contributed by atoms with Crippen molar-refractivity contribution in [2.24, 2.45) is 5.92 Å². The van der Waals surface area contributed by atoms with Gasteiger partial charge in [0.05, 0.1) is 6.54 Å². The summed E-state index contributed by atoms with van der Waals surface area (Å²) in [5.41, 5.74) is 1.23. The van der Waals surface area contributed by atoms with Crippen molar-refractivity contribution in [2.75, 3.05) is 19.6 Å². The van der Waals surface area contributed by atoms with Crippen molar-refractivity contribution in [3.05, 3.63) is 70.2 Å². The maximum absolute atomic E-state index is 12.5. The molecule has 1 aliphatic heterocycles. The highest BCUT2D eigenvalue weighted by Gasteiger charge is 2.27. The lowest BCUT2D eigenvalue weighted by Crippen LogP contribution is -2.45. The SMILES string of the molecule is O=C(NCC(=O)N1CCC(C(=O)c2ccccc2)CC1)c1cccc(Br)c1. The fraction of sp³-hybridized carbons (Fsp3) is 0.286. The molecular formula is C21H21BrN2O3. The minimum absolute atomic E-state index is 0.0390. The van der Waals surface area contributed by atoms with Gasteiger partial charge in [-0.25, -0.2) is 0 Å². The number of hydrogen-bond donors (Lipinski definition) is 1. The summed E-state index contributed by atoms with van der Waals surface area (Å²) in [5, 5.41) is 2.67. The molecule has 2 aromatic rings. The second-order valence-electron chi connectivity index (χ2n) is 6.58. The number of carbonyl (C=O) groups excluding carboxylic acids is 3. The lowest BCUT2D eigenvalue weighted by atomic mass is 9.89. The van der Waals surface area contributed by atoms with Crippen LogP contribution in [0.2, 0.25) is 0 Å². The van der Waals surface area contributed by atoms with Gasteiger partial charge in [-0.1, -0.05) is 52.3 Å². The van der Waals surface area contributed by atoms with E-state index in [4.69, 9.17) is 0 Å². The minimum atomic E-state index is -0.279. The van der Waals surface area contributed by atoms with E-state index in [0.29, 0.717) is 31.5 Å². The first kappa shape index (κ1) is 19.3. The summed E-state index contributed by atoms with van der Waals surface area (Å²) >= 11 is 3.32. The van der Waals surface area contributed by atoms with Crippen molar-refractivity contribution >= 4 is 33.5 Å². The standard InChI is InChI=1S/C21H21BrN2O3/c22-18-8-4-7-17(13-18)21(27)23-14-19(25)24-11-9-16(10-12-24)20(26)15-5-2-1-3-6-15/h1-8,13,16H,9-12,14H2,(H,23,27). The highest BCUT2D eigenvalue weighted by atomic mass is 79.9. The molecule has 0 aromatic heterocycles. The molecule has 27 heavy (non-hydrogen) atoms. The molecule has 1 aliphatic rings. The number of ketones is 1. The van der Waals surface area contributed by atoms with E-state index in [-0.39, 0.29) is 30.1 Å².